The van der Waals surface area contributed by atoms with Crippen LogP contribution in [0.25, 0.3) is 0 Å². The Morgan fingerprint density at radius 1 is 1.33 bits per heavy atom. The number of esters is 1. The molecule has 21 heavy (non-hydrogen) atoms. The van der Waals surface area contributed by atoms with Crippen molar-refractivity contribution in [2.24, 2.45) is 11.1 Å². The molecule has 0 radical (unpaired) electrons. The predicted octanol–water partition coefficient (Wildman–Crippen LogP) is 2.48. The molecule has 5 nitrogen and oxygen atoms in total. The first kappa shape index (κ1) is 17.2. The van der Waals surface area contributed by atoms with E-state index in [9.17, 15) is 9.59 Å². The fraction of sp³-hybridized carbons (Fsp3) is 0.500. The number of amides is 1. The van der Waals surface area contributed by atoms with Crippen molar-refractivity contribution in [3.63, 3.8) is 0 Å². The van der Waals surface area contributed by atoms with Gasteiger partial charge in [0.25, 0.3) is 0 Å². The van der Waals surface area contributed by atoms with E-state index in [2.05, 4.69) is 10.1 Å². The van der Waals surface area contributed by atoms with E-state index < -0.39 is 5.97 Å². The average Bonchev–Trinajstić information content (AvgIpc) is 2.38. The summed E-state index contributed by atoms with van der Waals surface area (Å²) in [5, 5.41) is 2.83. The minimum atomic E-state index is -0.397. The Morgan fingerprint density at radius 3 is 2.43 bits per heavy atom. The number of hydrogen-bond acceptors (Lipinski definition) is 4. The highest BCUT2D eigenvalue weighted by molar-refractivity contribution is 5.94. The predicted molar refractivity (Wildman–Crippen MR) is 83.2 cm³/mol. The Kier molecular flexibility index (Phi) is 5.49. The fourth-order valence-electron chi connectivity index (χ4n) is 1.76. The van der Waals surface area contributed by atoms with Crippen molar-refractivity contribution < 1.29 is 14.3 Å². The van der Waals surface area contributed by atoms with E-state index in [0.717, 1.165) is 5.56 Å². The molecule has 1 aromatic rings. The number of benzene rings is 1. The van der Waals surface area contributed by atoms with Gasteiger partial charge in [0.1, 0.15) is 0 Å². The van der Waals surface area contributed by atoms with Gasteiger partial charge >= 0.3 is 5.97 Å². The third-order valence-corrected chi connectivity index (χ3v) is 3.44. The van der Waals surface area contributed by atoms with Crippen LogP contribution in [0.2, 0.25) is 0 Å². The van der Waals surface area contributed by atoms with Crippen molar-refractivity contribution in [1.82, 2.24) is 0 Å². The summed E-state index contributed by atoms with van der Waals surface area (Å²) in [7, 11) is 1.33. The van der Waals surface area contributed by atoms with Crippen LogP contribution in [0.5, 0.6) is 0 Å². The zero-order chi connectivity index (χ0) is 16.2. The Balaban J connectivity index is 2.75. The third-order valence-electron chi connectivity index (χ3n) is 3.44. The molecule has 1 rings (SSSR count). The molecule has 0 aliphatic rings. The molecule has 1 atom stereocenters. The van der Waals surface area contributed by atoms with Crippen molar-refractivity contribution in [2.45, 2.75) is 40.2 Å². The maximum atomic E-state index is 12.0. The molecule has 0 saturated heterocycles. The number of carbonyl (C=O) groups excluding carboxylic acids is 2. The molecule has 116 valence electrons. The van der Waals surface area contributed by atoms with Gasteiger partial charge < -0.3 is 15.8 Å². The van der Waals surface area contributed by atoms with Gasteiger partial charge in [-0.1, -0.05) is 20.8 Å². The monoisotopic (exact) mass is 292 g/mol. The second-order valence-electron chi connectivity index (χ2n) is 6.25. The van der Waals surface area contributed by atoms with Crippen LogP contribution in [0.15, 0.2) is 18.2 Å². The van der Waals surface area contributed by atoms with Crippen LogP contribution in [0.3, 0.4) is 0 Å². The van der Waals surface area contributed by atoms with Crippen LogP contribution in [-0.4, -0.2) is 25.0 Å². The summed E-state index contributed by atoms with van der Waals surface area (Å²) >= 11 is 0. The summed E-state index contributed by atoms with van der Waals surface area (Å²) in [4.78, 5) is 23.4. The van der Waals surface area contributed by atoms with Gasteiger partial charge in [-0.2, -0.15) is 0 Å². The molecule has 3 N–H and O–H groups in total. The summed E-state index contributed by atoms with van der Waals surface area (Å²) in [6.45, 7) is 7.83. The van der Waals surface area contributed by atoms with Gasteiger partial charge in [0.2, 0.25) is 5.91 Å². The van der Waals surface area contributed by atoms with Crippen LogP contribution in [0.1, 0.15) is 43.1 Å². The summed E-state index contributed by atoms with van der Waals surface area (Å²) in [6.07, 6.45) is 0.252. The van der Waals surface area contributed by atoms with Crippen molar-refractivity contribution in [3.8, 4) is 0 Å². The lowest BCUT2D eigenvalue weighted by Gasteiger charge is -2.26. The molecule has 0 saturated carbocycles. The highest BCUT2D eigenvalue weighted by atomic mass is 16.5. The Morgan fingerprint density at radius 2 is 1.95 bits per heavy atom. The van der Waals surface area contributed by atoms with Gasteiger partial charge in [0.15, 0.2) is 0 Å². The van der Waals surface area contributed by atoms with Gasteiger partial charge in [-0.15, -0.1) is 0 Å². The molecular formula is C16H24N2O3. The fourth-order valence-corrected chi connectivity index (χ4v) is 1.76. The standard InChI is InChI=1S/C16H24N2O3/c1-10-8-11(15(20)21-5)6-7-12(10)18-14(19)9-13(17)16(2,3)4/h6-8,13H,9,17H2,1-5H3,(H,18,19). The van der Waals surface area contributed by atoms with Crippen molar-refractivity contribution in [1.29, 1.82) is 0 Å². The van der Waals surface area contributed by atoms with E-state index in [1.54, 1.807) is 18.2 Å². The van der Waals surface area contributed by atoms with Crippen LogP contribution >= 0.6 is 0 Å². The normalized spacial score (nSPS) is 12.7. The van der Waals surface area contributed by atoms with Crippen LogP contribution in [-0.2, 0) is 9.53 Å². The molecule has 0 aliphatic carbocycles. The van der Waals surface area contributed by atoms with Gasteiger partial charge in [0.05, 0.1) is 12.7 Å². The van der Waals surface area contributed by atoms with Gasteiger partial charge in [-0.25, -0.2) is 4.79 Å². The highest BCUT2D eigenvalue weighted by Crippen LogP contribution is 2.21. The molecule has 0 fully saturated rings. The largest absolute Gasteiger partial charge is 0.465 e. The van der Waals surface area contributed by atoms with E-state index in [1.807, 2.05) is 27.7 Å². The van der Waals surface area contributed by atoms with Crippen LogP contribution < -0.4 is 11.1 Å². The molecular weight excluding hydrogens is 268 g/mol. The quantitative estimate of drug-likeness (QED) is 0.835. The summed E-state index contributed by atoms with van der Waals surface area (Å²) in [5.74, 6) is -0.530. The molecule has 1 unspecified atom stereocenters. The number of rotatable bonds is 4. The van der Waals surface area contributed by atoms with Crippen LogP contribution in [0.4, 0.5) is 5.69 Å². The highest BCUT2D eigenvalue weighted by Gasteiger charge is 2.23. The second-order valence-corrected chi connectivity index (χ2v) is 6.25. The minimum absolute atomic E-state index is 0.124. The lowest BCUT2D eigenvalue weighted by Crippen LogP contribution is -2.38. The second kappa shape index (κ2) is 6.72. The van der Waals surface area contributed by atoms with Gasteiger partial charge in [0, 0.05) is 18.2 Å². The van der Waals surface area contributed by atoms with E-state index >= 15 is 0 Å². The first-order chi connectivity index (χ1) is 9.65. The minimum Gasteiger partial charge on any atom is -0.465 e. The molecule has 0 aliphatic heterocycles. The SMILES string of the molecule is COC(=O)c1ccc(NC(=O)CC(N)C(C)(C)C)c(C)c1. The lowest BCUT2D eigenvalue weighted by atomic mass is 9.85. The Labute approximate surface area is 125 Å². The molecule has 1 amide bonds. The zero-order valence-electron chi connectivity index (χ0n) is 13.3. The number of nitrogens with one attached hydrogen (secondary N) is 1. The third kappa shape index (κ3) is 4.86. The molecule has 1 aromatic carbocycles. The number of aryl methyl sites for hydroxylation is 1. The molecule has 0 heterocycles. The Hall–Kier alpha value is -1.88. The summed E-state index contributed by atoms with van der Waals surface area (Å²) in [5.41, 5.74) is 7.81. The number of ether oxygens (including phenoxy) is 1. The zero-order valence-corrected chi connectivity index (χ0v) is 13.3. The van der Waals surface area contributed by atoms with Crippen molar-refractivity contribution in [2.75, 3.05) is 12.4 Å². The van der Waals surface area contributed by atoms with E-state index in [0.29, 0.717) is 11.3 Å². The van der Waals surface area contributed by atoms with Crippen molar-refractivity contribution in [3.05, 3.63) is 29.3 Å². The maximum absolute atomic E-state index is 12.0. The smallest absolute Gasteiger partial charge is 0.337 e. The maximum Gasteiger partial charge on any atom is 0.337 e. The number of anilines is 1. The molecule has 0 aromatic heterocycles. The first-order valence-electron chi connectivity index (χ1n) is 6.89. The molecule has 5 heteroatoms. The number of carbonyl (C=O) groups is 2. The number of methoxy groups -OCH3 is 1. The van der Waals surface area contributed by atoms with Gasteiger partial charge in [-0.05, 0) is 36.1 Å². The molecule has 0 bridgehead atoms. The first-order valence-corrected chi connectivity index (χ1v) is 6.89. The summed E-state index contributed by atoms with van der Waals surface area (Å²) in [6, 6.07) is 4.79. The van der Waals surface area contributed by atoms with Crippen molar-refractivity contribution >= 4 is 17.6 Å². The molecule has 0 spiro atoms. The summed E-state index contributed by atoms with van der Waals surface area (Å²) < 4.78 is 4.66. The lowest BCUT2D eigenvalue weighted by molar-refractivity contribution is -0.117. The van der Waals surface area contributed by atoms with Gasteiger partial charge in [-0.3, -0.25) is 4.79 Å². The van der Waals surface area contributed by atoms with E-state index in [1.165, 1.54) is 7.11 Å². The average molecular weight is 292 g/mol. The van der Waals surface area contributed by atoms with E-state index in [-0.39, 0.29) is 23.8 Å². The number of nitrogens with two attached hydrogens (primary N) is 1. The Bertz CT molecular complexity index is 533. The van der Waals surface area contributed by atoms with Crippen LogP contribution in [0, 0.1) is 12.3 Å². The topological polar surface area (TPSA) is 81.4 Å². The number of hydrogen-bond donors (Lipinski definition) is 2. The van der Waals surface area contributed by atoms with E-state index in [4.69, 9.17) is 5.73 Å².